The summed E-state index contributed by atoms with van der Waals surface area (Å²) < 4.78 is 25.5. The predicted molar refractivity (Wildman–Crippen MR) is 89.7 cm³/mol. The van der Waals surface area contributed by atoms with Crippen LogP contribution in [0.3, 0.4) is 0 Å². The summed E-state index contributed by atoms with van der Waals surface area (Å²) in [5.74, 6) is 0. The maximum Gasteiger partial charge on any atom is 0.336 e. The lowest BCUT2D eigenvalue weighted by atomic mass is 10.4. The Morgan fingerprint density at radius 2 is 1.74 bits per heavy atom. The Morgan fingerprint density at radius 3 is 2.26 bits per heavy atom. The fourth-order valence-corrected chi connectivity index (χ4v) is 4.38. The highest BCUT2D eigenvalue weighted by atomic mass is 31.2. The van der Waals surface area contributed by atoms with Crippen LogP contribution < -0.4 is 11.2 Å². The molecule has 0 aliphatic carbocycles. The summed E-state index contributed by atoms with van der Waals surface area (Å²) in [4.78, 5) is 41.8. The average Bonchev–Trinajstić information content (AvgIpc) is 2.47. The molecule has 0 fully saturated rings. The van der Waals surface area contributed by atoms with Crippen LogP contribution in [0.5, 0.6) is 0 Å². The van der Waals surface area contributed by atoms with Crippen LogP contribution in [0.25, 0.3) is 0 Å². The summed E-state index contributed by atoms with van der Waals surface area (Å²) in [7, 11) is -7.09. The molecule has 10 heteroatoms. The molecule has 1 heterocycles. The molecule has 0 saturated heterocycles. The van der Waals surface area contributed by atoms with Crippen molar-refractivity contribution < 1.29 is 18.9 Å². The molecule has 0 aromatic carbocycles. The van der Waals surface area contributed by atoms with Gasteiger partial charge in [0.1, 0.15) is 0 Å². The normalized spacial score (nSPS) is 12.9. The highest BCUT2D eigenvalue weighted by Gasteiger charge is 2.24. The van der Waals surface area contributed by atoms with Crippen LogP contribution >= 0.6 is 14.9 Å². The zero-order chi connectivity index (χ0) is 17.7. The van der Waals surface area contributed by atoms with E-state index < -0.39 is 26.1 Å². The summed E-state index contributed by atoms with van der Waals surface area (Å²) in [5, 5.41) is 0. The molecular weight excluding hydrogens is 342 g/mol. The van der Waals surface area contributed by atoms with E-state index in [0.29, 0.717) is 0 Å². The smallest absolute Gasteiger partial charge is 0.324 e. The van der Waals surface area contributed by atoms with Gasteiger partial charge in [-0.25, -0.2) is 9.13 Å². The quantitative estimate of drug-likeness (QED) is 0.530. The standard InChI is InChI=1S/C13H22N2O6P2/c1-3-22(18,4-2)15-12(16)8-10-14(13(15)17)9-6-5-7-11-23(19,20)21/h5-6,8,10H,3-4,7,9,11H2,1-2H3,(H2,19,20,21)/b6-5+. The second kappa shape index (κ2) is 8.06. The van der Waals surface area contributed by atoms with Gasteiger partial charge in [0.2, 0.25) is 0 Å². The van der Waals surface area contributed by atoms with Crippen LogP contribution in [-0.2, 0) is 15.7 Å². The predicted octanol–water partition coefficient (Wildman–Crippen LogP) is 1.30. The fourth-order valence-electron chi connectivity index (χ4n) is 2.03. The number of hydrogen-bond donors (Lipinski definition) is 2. The van der Waals surface area contributed by atoms with E-state index in [9.17, 15) is 18.7 Å². The van der Waals surface area contributed by atoms with Gasteiger partial charge in [0.15, 0.2) is 7.29 Å². The van der Waals surface area contributed by atoms with Crippen LogP contribution in [0, 0.1) is 0 Å². The van der Waals surface area contributed by atoms with Crippen molar-refractivity contribution in [3.63, 3.8) is 0 Å². The maximum absolute atomic E-state index is 12.7. The highest BCUT2D eigenvalue weighted by molar-refractivity contribution is 7.62. The van der Waals surface area contributed by atoms with Crippen molar-refractivity contribution in [3.05, 3.63) is 45.3 Å². The Morgan fingerprint density at radius 1 is 1.13 bits per heavy atom. The molecule has 0 unspecified atom stereocenters. The zero-order valence-corrected chi connectivity index (χ0v) is 15.0. The van der Waals surface area contributed by atoms with Crippen molar-refractivity contribution in [3.8, 4) is 0 Å². The Hall–Kier alpha value is -1.20. The molecular formula is C13H22N2O6P2. The first kappa shape index (κ1) is 19.8. The van der Waals surface area contributed by atoms with Gasteiger partial charge in [0.05, 0.1) is 6.16 Å². The summed E-state index contributed by atoms with van der Waals surface area (Å²) in [6.45, 7) is 3.48. The average molecular weight is 364 g/mol. The van der Waals surface area contributed by atoms with Gasteiger partial charge in [-0.1, -0.05) is 26.0 Å². The minimum atomic E-state index is -4.03. The summed E-state index contributed by atoms with van der Waals surface area (Å²) in [6, 6.07) is 1.20. The van der Waals surface area contributed by atoms with E-state index in [4.69, 9.17) is 9.79 Å². The molecule has 1 aromatic rings. The van der Waals surface area contributed by atoms with Crippen LogP contribution in [-0.4, -0.2) is 37.2 Å². The first-order chi connectivity index (χ1) is 10.6. The molecule has 0 aliphatic rings. The largest absolute Gasteiger partial charge is 0.336 e. The van der Waals surface area contributed by atoms with Crippen molar-refractivity contribution in [2.24, 2.45) is 0 Å². The first-order valence-electron chi connectivity index (χ1n) is 7.25. The monoisotopic (exact) mass is 364 g/mol. The number of rotatable bonds is 8. The van der Waals surface area contributed by atoms with Gasteiger partial charge in [-0.05, 0) is 6.42 Å². The molecule has 0 spiro atoms. The molecule has 0 bridgehead atoms. The third kappa shape index (κ3) is 5.43. The number of allylic oxidation sites excluding steroid dienone is 2. The second-order valence-electron chi connectivity index (χ2n) is 5.03. The van der Waals surface area contributed by atoms with Gasteiger partial charge in [-0.3, -0.25) is 18.5 Å². The third-order valence-electron chi connectivity index (χ3n) is 3.44. The summed E-state index contributed by atoms with van der Waals surface area (Å²) in [5.41, 5.74) is -1.21. The Kier molecular flexibility index (Phi) is 6.96. The molecule has 0 saturated carbocycles. The minimum absolute atomic E-state index is 0.133. The Labute approximate surface area is 134 Å². The van der Waals surface area contributed by atoms with E-state index in [1.807, 2.05) is 0 Å². The number of aromatic nitrogens is 2. The molecule has 0 amide bonds. The first-order valence-corrected chi connectivity index (χ1v) is 11.1. The SMILES string of the molecule is CCP(=O)(CC)n1c(=O)ccn(C/C=C/CCP(=O)(O)O)c1=O. The van der Waals surface area contributed by atoms with Gasteiger partial charge in [0, 0.05) is 31.1 Å². The number of nitrogens with zero attached hydrogens (tertiary/aromatic N) is 2. The lowest BCUT2D eigenvalue weighted by Crippen LogP contribution is -2.38. The van der Waals surface area contributed by atoms with Gasteiger partial charge in [-0.15, -0.1) is 0 Å². The third-order valence-corrected chi connectivity index (χ3v) is 7.36. The van der Waals surface area contributed by atoms with E-state index in [2.05, 4.69) is 0 Å². The molecule has 0 radical (unpaired) electrons. The highest BCUT2D eigenvalue weighted by Crippen LogP contribution is 2.43. The van der Waals surface area contributed by atoms with E-state index in [-0.39, 0.29) is 31.5 Å². The summed E-state index contributed by atoms with van der Waals surface area (Å²) in [6.07, 6.45) is 4.82. The molecule has 8 nitrogen and oxygen atoms in total. The van der Waals surface area contributed by atoms with Crippen LogP contribution in [0.2, 0.25) is 0 Å². The molecule has 23 heavy (non-hydrogen) atoms. The topological polar surface area (TPSA) is 119 Å². The van der Waals surface area contributed by atoms with Crippen molar-refractivity contribution in [1.29, 1.82) is 0 Å². The maximum atomic E-state index is 12.7. The molecule has 2 N–H and O–H groups in total. The molecule has 1 rings (SSSR count). The van der Waals surface area contributed by atoms with Crippen LogP contribution in [0.15, 0.2) is 34.0 Å². The minimum Gasteiger partial charge on any atom is -0.324 e. The zero-order valence-electron chi connectivity index (χ0n) is 13.2. The molecule has 0 aliphatic heterocycles. The van der Waals surface area contributed by atoms with Crippen molar-refractivity contribution in [1.82, 2.24) is 8.90 Å². The lowest BCUT2D eigenvalue weighted by molar-refractivity contribution is 0.373. The van der Waals surface area contributed by atoms with E-state index in [1.165, 1.54) is 16.8 Å². The van der Waals surface area contributed by atoms with Gasteiger partial charge >= 0.3 is 13.3 Å². The summed E-state index contributed by atoms with van der Waals surface area (Å²) >= 11 is 0. The lowest BCUT2D eigenvalue weighted by Gasteiger charge is -2.17. The molecule has 1 aromatic heterocycles. The Balaban J connectivity index is 3.02. The Bertz CT molecular complexity index is 765. The fraction of sp³-hybridized carbons (Fsp3) is 0.538. The van der Waals surface area contributed by atoms with E-state index in [1.54, 1.807) is 26.0 Å². The van der Waals surface area contributed by atoms with Crippen LogP contribution in [0.4, 0.5) is 0 Å². The van der Waals surface area contributed by atoms with Crippen molar-refractivity contribution >= 4 is 14.9 Å². The van der Waals surface area contributed by atoms with Gasteiger partial charge < -0.3 is 9.79 Å². The van der Waals surface area contributed by atoms with Crippen molar-refractivity contribution in [2.75, 3.05) is 18.5 Å². The van der Waals surface area contributed by atoms with Gasteiger partial charge in [0.25, 0.3) is 5.56 Å². The second-order valence-corrected chi connectivity index (χ2v) is 10.2. The van der Waals surface area contributed by atoms with Crippen molar-refractivity contribution in [2.45, 2.75) is 26.8 Å². The van der Waals surface area contributed by atoms with E-state index >= 15 is 0 Å². The number of hydrogen-bond acceptors (Lipinski definition) is 4. The van der Waals surface area contributed by atoms with Crippen LogP contribution in [0.1, 0.15) is 20.3 Å². The molecule has 130 valence electrons. The van der Waals surface area contributed by atoms with Gasteiger partial charge in [-0.2, -0.15) is 0 Å². The van der Waals surface area contributed by atoms with E-state index in [0.717, 1.165) is 4.34 Å². The molecule has 0 atom stereocenters.